The summed E-state index contributed by atoms with van der Waals surface area (Å²) in [5.74, 6) is 1.81. The zero-order chi connectivity index (χ0) is 17.1. The van der Waals surface area contributed by atoms with Crippen LogP contribution in [0, 0.1) is 5.92 Å². The third kappa shape index (κ3) is 3.77. The van der Waals surface area contributed by atoms with Crippen molar-refractivity contribution in [2.75, 3.05) is 57.5 Å². The summed E-state index contributed by atoms with van der Waals surface area (Å²) in [5, 5.41) is 0. The van der Waals surface area contributed by atoms with Crippen molar-refractivity contribution in [1.82, 2.24) is 14.9 Å². The molecule has 1 amide bonds. The van der Waals surface area contributed by atoms with Gasteiger partial charge >= 0.3 is 0 Å². The number of carbonyl (C=O) groups is 1. The van der Waals surface area contributed by atoms with Crippen molar-refractivity contribution < 1.29 is 14.3 Å². The van der Waals surface area contributed by atoms with E-state index in [0.29, 0.717) is 25.0 Å². The predicted molar refractivity (Wildman–Crippen MR) is 92.5 cm³/mol. The predicted octanol–water partition coefficient (Wildman–Crippen LogP) is 1.06. The Kier molecular flexibility index (Phi) is 5.12. The smallest absolute Gasteiger partial charge is 0.225 e. The monoisotopic (exact) mass is 346 g/mol. The number of nitrogens with zero attached hydrogens (tertiary/aromatic N) is 4. The van der Waals surface area contributed by atoms with Gasteiger partial charge in [-0.05, 0) is 19.3 Å². The van der Waals surface area contributed by atoms with Gasteiger partial charge in [0, 0.05) is 50.7 Å². The van der Waals surface area contributed by atoms with Crippen molar-refractivity contribution in [1.29, 1.82) is 0 Å². The van der Waals surface area contributed by atoms with E-state index in [-0.39, 0.29) is 5.92 Å². The Morgan fingerprint density at radius 3 is 2.52 bits per heavy atom. The molecule has 25 heavy (non-hydrogen) atoms. The van der Waals surface area contributed by atoms with Gasteiger partial charge in [-0.25, -0.2) is 9.97 Å². The van der Waals surface area contributed by atoms with E-state index in [1.807, 2.05) is 4.90 Å². The van der Waals surface area contributed by atoms with Gasteiger partial charge in [0.05, 0.1) is 25.5 Å². The molecule has 3 aliphatic heterocycles. The van der Waals surface area contributed by atoms with Crippen LogP contribution in [0.15, 0.2) is 12.4 Å². The minimum absolute atomic E-state index is 0.138. The van der Waals surface area contributed by atoms with E-state index in [9.17, 15) is 4.79 Å². The number of aromatic nitrogens is 2. The van der Waals surface area contributed by atoms with Crippen molar-refractivity contribution in [3.63, 3.8) is 0 Å². The van der Waals surface area contributed by atoms with Gasteiger partial charge < -0.3 is 19.3 Å². The number of rotatable bonds is 3. The SMILES string of the molecule is O=C(C1CCN(c2cc([C@@H]3CCOC3)ncn2)CC1)N1CCOCC1. The Hall–Kier alpha value is -1.73. The molecule has 0 saturated carbocycles. The Morgan fingerprint density at radius 1 is 1.00 bits per heavy atom. The molecule has 136 valence electrons. The first-order valence-electron chi connectivity index (χ1n) is 9.32. The fourth-order valence-corrected chi connectivity index (χ4v) is 3.92. The Bertz CT molecular complexity index is 592. The maximum Gasteiger partial charge on any atom is 0.225 e. The van der Waals surface area contributed by atoms with E-state index < -0.39 is 0 Å². The van der Waals surface area contributed by atoms with Gasteiger partial charge in [0.15, 0.2) is 0 Å². The standard InChI is InChI=1S/C18H26N4O3/c23-18(22-6-9-24-10-7-22)14-1-4-21(5-2-14)17-11-16(19-13-20-17)15-3-8-25-12-15/h11,13-15H,1-10,12H2/t15-/m1/s1. The van der Waals surface area contributed by atoms with E-state index in [0.717, 1.165) is 70.2 Å². The fourth-order valence-electron chi connectivity index (χ4n) is 3.92. The fraction of sp³-hybridized carbons (Fsp3) is 0.722. The van der Waals surface area contributed by atoms with Crippen molar-refractivity contribution in [2.45, 2.75) is 25.2 Å². The molecule has 1 atom stereocenters. The second kappa shape index (κ2) is 7.66. The maximum atomic E-state index is 12.6. The first-order chi connectivity index (χ1) is 12.3. The third-order valence-corrected chi connectivity index (χ3v) is 5.51. The number of piperidine rings is 1. The number of morpholine rings is 1. The van der Waals surface area contributed by atoms with Crippen LogP contribution in [-0.2, 0) is 14.3 Å². The van der Waals surface area contributed by atoms with Crippen molar-refractivity contribution >= 4 is 11.7 Å². The molecule has 1 aromatic heterocycles. The molecule has 0 radical (unpaired) electrons. The van der Waals surface area contributed by atoms with E-state index in [2.05, 4.69) is 20.9 Å². The number of anilines is 1. The minimum atomic E-state index is 0.138. The van der Waals surface area contributed by atoms with Gasteiger partial charge in [-0.2, -0.15) is 0 Å². The van der Waals surface area contributed by atoms with E-state index in [1.165, 1.54) is 0 Å². The molecule has 7 nitrogen and oxygen atoms in total. The number of amides is 1. The summed E-state index contributed by atoms with van der Waals surface area (Å²) in [4.78, 5) is 25.8. The molecule has 0 aliphatic carbocycles. The highest BCUT2D eigenvalue weighted by molar-refractivity contribution is 5.79. The van der Waals surface area contributed by atoms with Crippen LogP contribution in [0.1, 0.15) is 30.9 Å². The summed E-state index contributed by atoms with van der Waals surface area (Å²) in [6.07, 6.45) is 4.48. The summed E-state index contributed by atoms with van der Waals surface area (Å²) in [5.41, 5.74) is 1.08. The molecule has 1 aromatic rings. The Morgan fingerprint density at radius 2 is 1.80 bits per heavy atom. The van der Waals surface area contributed by atoms with Crippen LogP contribution < -0.4 is 4.90 Å². The zero-order valence-electron chi connectivity index (χ0n) is 14.6. The lowest BCUT2D eigenvalue weighted by Gasteiger charge is -2.36. The summed E-state index contributed by atoms with van der Waals surface area (Å²) in [6, 6.07) is 2.10. The summed E-state index contributed by atoms with van der Waals surface area (Å²) in [6.45, 7) is 6.12. The molecule has 4 rings (SSSR count). The normalized spacial score (nSPS) is 25.4. The number of hydrogen-bond acceptors (Lipinski definition) is 6. The molecule has 0 unspecified atom stereocenters. The van der Waals surface area contributed by atoms with E-state index in [4.69, 9.17) is 9.47 Å². The van der Waals surface area contributed by atoms with Gasteiger partial charge in [-0.1, -0.05) is 0 Å². The molecular formula is C18H26N4O3. The summed E-state index contributed by atoms with van der Waals surface area (Å²) >= 11 is 0. The Balaban J connectivity index is 1.35. The number of hydrogen-bond donors (Lipinski definition) is 0. The first-order valence-corrected chi connectivity index (χ1v) is 9.32. The van der Waals surface area contributed by atoms with Crippen molar-refractivity contribution in [3.8, 4) is 0 Å². The largest absolute Gasteiger partial charge is 0.381 e. The van der Waals surface area contributed by atoms with Gasteiger partial charge in [-0.3, -0.25) is 4.79 Å². The van der Waals surface area contributed by atoms with Crippen LogP contribution in [0.4, 0.5) is 5.82 Å². The maximum absolute atomic E-state index is 12.6. The molecule has 3 aliphatic rings. The lowest BCUT2D eigenvalue weighted by Crippen LogP contribution is -2.47. The second-order valence-electron chi connectivity index (χ2n) is 7.06. The highest BCUT2D eigenvalue weighted by Gasteiger charge is 2.30. The van der Waals surface area contributed by atoms with Gasteiger partial charge in [-0.15, -0.1) is 0 Å². The quantitative estimate of drug-likeness (QED) is 0.815. The topological polar surface area (TPSA) is 67.8 Å². The zero-order valence-corrected chi connectivity index (χ0v) is 14.6. The van der Waals surface area contributed by atoms with Crippen LogP contribution in [0.3, 0.4) is 0 Å². The summed E-state index contributed by atoms with van der Waals surface area (Å²) in [7, 11) is 0. The second-order valence-corrected chi connectivity index (χ2v) is 7.06. The van der Waals surface area contributed by atoms with Crippen LogP contribution in [-0.4, -0.2) is 73.4 Å². The summed E-state index contributed by atoms with van der Waals surface area (Å²) < 4.78 is 10.8. The van der Waals surface area contributed by atoms with Crippen LogP contribution in [0.2, 0.25) is 0 Å². The van der Waals surface area contributed by atoms with Gasteiger partial charge in [0.25, 0.3) is 0 Å². The molecule has 4 heterocycles. The molecule has 3 saturated heterocycles. The molecule has 3 fully saturated rings. The molecule has 0 N–H and O–H groups in total. The highest BCUT2D eigenvalue weighted by atomic mass is 16.5. The van der Waals surface area contributed by atoms with Crippen LogP contribution >= 0.6 is 0 Å². The molecule has 0 bridgehead atoms. The van der Waals surface area contributed by atoms with Crippen molar-refractivity contribution in [3.05, 3.63) is 18.1 Å². The highest BCUT2D eigenvalue weighted by Crippen LogP contribution is 2.28. The third-order valence-electron chi connectivity index (χ3n) is 5.51. The van der Waals surface area contributed by atoms with Crippen molar-refractivity contribution in [2.24, 2.45) is 5.92 Å². The average Bonchev–Trinajstić information content (AvgIpc) is 3.23. The van der Waals surface area contributed by atoms with Crippen LogP contribution in [0.25, 0.3) is 0 Å². The lowest BCUT2D eigenvalue weighted by molar-refractivity contribution is -0.140. The van der Waals surface area contributed by atoms with Gasteiger partial charge in [0.2, 0.25) is 5.91 Å². The number of ether oxygens (including phenoxy) is 2. The van der Waals surface area contributed by atoms with Crippen LogP contribution in [0.5, 0.6) is 0 Å². The molecular weight excluding hydrogens is 320 g/mol. The van der Waals surface area contributed by atoms with E-state index >= 15 is 0 Å². The first kappa shape index (κ1) is 16.7. The minimum Gasteiger partial charge on any atom is -0.381 e. The molecule has 0 aromatic carbocycles. The molecule has 0 spiro atoms. The van der Waals surface area contributed by atoms with Gasteiger partial charge in [0.1, 0.15) is 12.1 Å². The Labute approximate surface area is 148 Å². The lowest BCUT2D eigenvalue weighted by atomic mass is 9.95. The van der Waals surface area contributed by atoms with E-state index in [1.54, 1.807) is 6.33 Å². The molecule has 7 heteroatoms. The average molecular weight is 346 g/mol. The number of carbonyl (C=O) groups excluding carboxylic acids is 1.